The van der Waals surface area contributed by atoms with Crippen LogP contribution in [0.4, 0.5) is 0 Å². The first-order valence-electron chi connectivity index (χ1n) is 10.4. The Kier molecular flexibility index (Phi) is 5.94. The SMILES string of the molecule is C=CCn1c(SC2=C(c3ccccc3)C3C=C(Cl)C=CC3=NC2=O)nnc1-c1ccccc1. The van der Waals surface area contributed by atoms with Crippen molar-refractivity contribution in [3.05, 3.63) is 107 Å². The zero-order valence-electron chi connectivity index (χ0n) is 17.6. The van der Waals surface area contributed by atoms with E-state index in [1.165, 1.54) is 11.8 Å². The minimum atomic E-state index is -0.296. The van der Waals surface area contributed by atoms with E-state index in [4.69, 9.17) is 11.6 Å². The number of amides is 1. The van der Waals surface area contributed by atoms with Gasteiger partial charge in [-0.2, -0.15) is 0 Å². The Morgan fingerprint density at radius 2 is 1.70 bits per heavy atom. The number of carbonyl (C=O) groups excluding carboxylic acids is 1. The van der Waals surface area contributed by atoms with Crippen LogP contribution in [0.2, 0.25) is 0 Å². The van der Waals surface area contributed by atoms with Gasteiger partial charge >= 0.3 is 0 Å². The van der Waals surface area contributed by atoms with Crippen LogP contribution in [0.5, 0.6) is 0 Å². The van der Waals surface area contributed by atoms with Gasteiger partial charge in [-0.3, -0.25) is 9.36 Å². The van der Waals surface area contributed by atoms with Crippen LogP contribution in [0.25, 0.3) is 17.0 Å². The van der Waals surface area contributed by atoms with E-state index in [9.17, 15) is 4.79 Å². The summed E-state index contributed by atoms with van der Waals surface area (Å²) in [5, 5.41) is 10.1. The first-order chi connectivity index (χ1) is 16.2. The van der Waals surface area contributed by atoms with E-state index in [1.807, 2.05) is 77.4 Å². The van der Waals surface area contributed by atoms with Gasteiger partial charge in [0.2, 0.25) is 0 Å². The number of carbonyl (C=O) groups is 1. The Bertz CT molecular complexity index is 1350. The van der Waals surface area contributed by atoms with Gasteiger partial charge in [-0.05, 0) is 35.1 Å². The van der Waals surface area contributed by atoms with E-state index in [1.54, 1.807) is 12.2 Å². The average Bonchev–Trinajstić information content (AvgIpc) is 3.23. The molecule has 162 valence electrons. The van der Waals surface area contributed by atoms with E-state index >= 15 is 0 Å². The lowest BCUT2D eigenvalue weighted by molar-refractivity contribution is -0.113. The van der Waals surface area contributed by atoms with Gasteiger partial charge in [-0.15, -0.1) is 16.8 Å². The molecule has 1 atom stereocenters. The Balaban J connectivity index is 1.64. The highest BCUT2D eigenvalue weighted by molar-refractivity contribution is 8.04. The number of hydrogen-bond donors (Lipinski definition) is 0. The second-order valence-corrected chi connectivity index (χ2v) is 8.90. The maximum atomic E-state index is 13.2. The molecule has 5 nitrogen and oxygen atoms in total. The molecule has 1 aliphatic carbocycles. The van der Waals surface area contributed by atoms with Gasteiger partial charge in [0.15, 0.2) is 11.0 Å². The van der Waals surface area contributed by atoms with Gasteiger partial charge in [-0.25, -0.2) is 4.99 Å². The smallest absolute Gasteiger partial charge is 0.284 e. The molecule has 1 aromatic heterocycles. The molecule has 2 aliphatic rings. The summed E-state index contributed by atoms with van der Waals surface area (Å²) in [6.45, 7) is 4.39. The van der Waals surface area contributed by atoms with Crippen LogP contribution in [0, 0.1) is 5.92 Å². The quantitative estimate of drug-likeness (QED) is 0.419. The molecule has 1 aliphatic heterocycles. The number of thioether (sulfide) groups is 1. The van der Waals surface area contributed by atoms with Crippen LogP contribution < -0.4 is 0 Å². The van der Waals surface area contributed by atoms with Crippen molar-refractivity contribution in [2.45, 2.75) is 11.7 Å². The number of allylic oxidation sites excluding steroid dienone is 6. The third-order valence-electron chi connectivity index (χ3n) is 5.38. The summed E-state index contributed by atoms with van der Waals surface area (Å²) in [4.78, 5) is 18.1. The van der Waals surface area contributed by atoms with E-state index in [0.717, 1.165) is 22.5 Å². The van der Waals surface area contributed by atoms with Gasteiger partial charge in [0.05, 0.1) is 10.6 Å². The summed E-state index contributed by atoms with van der Waals surface area (Å²) in [5.41, 5.74) is 3.44. The Morgan fingerprint density at radius 3 is 2.39 bits per heavy atom. The van der Waals surface area contributed by atoms with E-state index in [-0.39, 0.29) is 11.8 Å². The molecule has 5 rings (SSSR count). The Labute approximate surface area is 200 Å². The molecule has 2 heterocycles. The third-order valence-corrected chi connectivity index (χ3v) is 6.71. The van der Waals surface area contributed by atoms with Crippen molar-refractivity contribution in [1.82, 2.24) is 14.8 Å². The standard InChI is InChI=1S/C26H19ClN4OS/c1-2-15-31-24(18-11-7-4-8-12-18)29-30-26(31)33-23-22(17-9-5-3-6-10-17)20-16-19(27)13-14-21(20)28-25(23)32/h2-14,16,20H,1,15H2. The number of benzene rings is 2. The van der Waals surface area contributed by atoms with Crippen LogP contribution >= 0.6 is 23.4 Å². The molecule has 0 radical (unpaired) electrons. The minimum absolute atomic E-state index is 0.213. The zero-order valence-corrected chi connectivity index (χ0v) is 19.1. The maximum absolute atomic E-state index is 13.2. The molecule has 0 fully saturated rings. The number of fused-ring (bicyclic) bond motifs is 1. The third kappa shape index (κ3) is 4.15. The van der Waals surface area contributed by atoms with Gasteiger partial charge in [-0.1, -0.05) is 84.4 Å². The molecule has 0 spiro atoms. The summed E-state index contributed by atoms with van der Waals surface area (Å²) in [7, 11) is 0. The van der Waals surface area contributed by atoms with Crippen LogP contribution in [0.3, 0.4) is 0 Å². The van der Waals surface area contributed by atoms with Gasteiger partial charge in [0.25, 0.3) is 5.91 Å². The van der Waals surface area contributed by atoms with Crippen molar-refractivity contribution >= 4 is 40.6 Å². The van der Waals surface area contributed by atoms with E-state index < -0.39 is 0 Å². The summed E-state index contributed by atoms with van der Waals surface area (Å²) >= 11 is 7.62. The fraction of sp³-hybridized carbons (Fsp3) is 0.0769. The second-order valence-electron chi connectivity index (χ2n) is 7.49. The molecule has 0 saturated heterocycles. The van der Waals surface area contributed by atoms with Crippen LogP contribution in [0.1, 0.15) is 5.56 Å². The highest BCUT2D eigenvalue weighted by atomic mass is 35.5. The van der Waals surface area contributed by atoms with Crippen LogP contribution in [0.15, 0.2) is 112 Å². The fourth-order valence-corrected chi connectivity index (χ4v) is 5.12. The van der Waals surface area contributed by atoms with Crippen molar-refractivity contribution in [2.75, 3.05) is 0 Å². The zero-order chi connectivity index (χ0) is 22.8. The number of dihydropyridines is 1. The summed E-state index contributed by atoms with van der Waals surface area (Å²) in [6.07, 6.45) is 7.29. The molecule has 0 N–H and O–H groups in total. The number of aliphatic imine (C=N–C) groups is 1. The lowest BCUT2D eigenvalue weighted by atomic mass is 9.84. The number of aromatic nitrogens is 3. The van der Waals surface area contributed by atoms with E-state index in [0.29, 0.717) is 27.4 Å². The molecule has 1 amide bonds. The van der Waals surface area contributed by atoms with Crippen molar-refractivity contribution in [3.63, 3.8) is 0 Å². The first kappa shape index (κ1) is 21.4. The normalized spacial score (nSPS) is 17.5. The molecule has 0 bridgehead atoms. The van der Waals surface area contributed by atoms with E-state index in [2.05, 4.69) is 21.8 Å². The molecule has 1 unspecified atom stereocenters. The monoisotopic (exact) mass is 470 g/mol. The number of halogens is 1. The Hall–Kier alpha value is -3.48. The molecular formula is C26H19ClN4OS. The maximum Gasteiger partial charge on any atom is 0.284 e. The molecule has 0 saturated carbocycles. The average molecular weight is 471 g/mol. The summed E-state index contributed by atoms with van der Waals surface area (Å²) < 4.78 is 1.96. The van der Waals surface area contributed by atoms with Gasteiger partial charge < -0.3 is 0 Å². The molecule has 2 aromatic carbocycles. The highest BCUT2D eigenvalue weighted by Crippen LogP contribution is 2.43. The predicted octanol–water partition coefficient (Wildman–Crippen LogP) is 5.92. The molecule has 3 aromatic rings. The van der Waals surface area contributed by atoms with Crippen molar-refractivity contribution in [1.29, 1.82) is 0 Å². The molecule has 33 heavy (non-hydrogen) atoms. The first-order valence-corrected chi connectivity index (χ1v) is 11.6. The summed E-state index contributed by atoms with van der Waals surface area (Å²) in [5.74, 6) is 0.209. The van der Waals surface area contributed by atoms with Gasteiger partial charge in [0, 0.05) is 23.1 Å². The van der Waals surface area contributed by atoms with Crippen molar-refractivity contribution in [3.8, 4) is 11.4 Å². The lowest BCUT2D eigenvalue weighted by Crippen LogP contribution is -2.23. The molecule has 7 heteroatoms. The Morgan fingerprint density at radius 1 is 1.00 bits per heavy atom. The van der Waals surface area contributed by atoms with Crippen LogP contribution in [-0.4, -0.2) is 26.4 Å². The second kappa shape index (κ2) is 9.17. The lowest BCUT2D eigenvalue weighted by Gasteiger charge is -2.26. The van der Waals surface area contributed by atoms with Gasteiger partial charge in [0.1, 0.15) is 0 Å². The number of hydrogen-bond acceptors (Lipinski definition) is 4. The number of nitrogens with zero attached hydrogens (tertiary/aromatic N) is 4. The number of rotatable bonds is 6. The molecular weight excluding hydrogens is 452 g/mol. The highest BCUT2D eigenvalue weighted by Gasteiger charge is 2.33. The minimum Gasteiger partial charge on any atom is -0.298 e. The van der Waals surface area contributed by atoms with Crippen LogP contribution in [-0.2, 0) is 11.3 Å². The predicted molar refractivity (Wildman–Crippen MR) is 134 cm³/mol. The topological polar surface area (TPSA) is 60.1 Å². The van der Waals surface area contributed by atoms with Crippen molar-refractivity contribution in [2.24, 2.45) is 10.9 Å². The summed E-state index contributed by atoms with van der Waals surface area (Å²) in [6, 6.07) is 19.7. The fourth-order valence-electron chi connectivity index (χ4n) is 3.91. The van der Waals surface area contributed by atoms with Crippen molar-refractivity contribution < 1.29 is 4.79 Å². The largest absolute Gasteiger partial charge is 0.298 e.